The molecule has 14 heavy (non-hydrogen) atoms. The maximum absolute atomic E-state index is 3.86. The van der Waals surface area contributed by atoms with Gasteiger partial charge in [-0.1, -0.05) is 32.1 Å². The molecule has 1 nitrogen and oxygen atoms in total. The van der Waals surface area contributed by atoms with Gasteiger partial charge in [0.05, 0.1) is 0 Å². The molecular weight excluding hydrogens is 190 g/mol. The van der Waals surface area contributed by atoms with E-state index in [0.29, 0.717) is 0 Å². The fourth-order valence-electron chi connectivity index (χ4n) is 2.62. The van der Waals surface area contributed by atoms with Crippen molar-refractivity contribution in [3.05, 3.63) is 0 Å². The van der Waals surface area contributed by atoms with Crippen molar-refractivity contribution in [1.29, 1.82) is 0 Å². The number of nitrogens with one attached hydrogen (secondary N) is 1. The molecule has 1 N–H and O–H groups in total. The maximum Gasteiger partial charge on any atom is 0.0168 e. The van der Waals surface area contributed by atoms with Gasteiger partial charge in [-0.3, -0.25) is 0 Å². The second-order valence-electron chi connectivity index (χ2n) is 4.77. The van der Waals surface area contributed by atoms with Crippen molar-refractivity contribution in [2.24, 2.45) is 0 Å². The minimum Gasteiger partial charge on any atom is -0.310 e. The Labute approximate surface area is 92.4 Å². The van der Waals surface area contributed by atoms with E-state index in [1.807, 2.05) is 0 Å². The molecule has 0 radical (unpaired) electrons. The van der Waals surface area contributed by atoms with Gasteiger partial charge in [0.1, 0.15) is 0 Å². The molecule has 82 valence electrons. The molecule has 1 aliphatic heterocycles. The zero-order chi connectivity index (χ0) is 9.64. The van der Waals surface area contributed by atoms with E-state index in [2.05, 4.69) is 17.1 Å². The molecule has 1 saturated heterocycles. The first-order valence-corrected chi connectivity index (χ1v) is 7.44. The van der Waals surface area contributed by atoms with E-state index in [-0.39, 0.29) is 0 Å². The highest BCUT2D eigenvalue weighted by atomic mass is 32.2. The lowest BCUT2D eigenvalue weighted by Gasteiger charge is -2.24. The van der Waals surface area contributed by atoms with Crippen LogP contribution in [0, 0.1) is 0 Å². The molecular formula is C12H23NS. The minimum absolute atomic E-state index is 0.837. The molecule has 0 aromatic rings. The molecule has 1 saturated carbocycles. The van der Waals surface area contributed by atoms with Crippen molar-refractivity contribution in [2.45, 2.75) is 63.5 Å². The van der Waals surface area contributed by atoms with Crippen molar-refractivity contribution in [2.75, 3.05) is 11.5 Å². The van der Waals surface area contributed by atoms with Crippen LogP contribution in [0.3, 0.4) is 0 Å². The van der Waals surface area contributed by atoms with Crippen molar-refractivity contribution < 1.29 is 0 Å². The summed E-state index contributed by atoms with van der Waals surface area (Å²) in [4.78, 5) is 0. The Bertz CT molecular complexity index is 146. The molecule has 0 spiro atoms. The molecule has 2 fully saturated rings. The molecule has 2 rings (SSSR count). The van der Waals surface area contributed by atoms with Crippen LogP contribution in [0.2, 0.25) is 0 Å². The average Bonchev–Trinajstić information content (AvgIpc) is 2.62. The van der Waals surface area contributed by atoms with Crippen LogP contribution >= 0.6 is 11.8 Å². The molecule has 0 bridgehead atoms. The van der Waals surface area contributed by atoms with E-state index in [9.17, 15) is 0 Å². The van der Waals surface area contributed by atoms with Gasteiger partial charge < -0.3 is 5.32 Å². The standard InChI is InChI=1S/C12H23NS/c1-2-4-6-11(7-5-3-1)13-12-8-9-14-10-12/h11-13H,1-10H2. The molecule has 1 unspecified atom stereocenters. The van der Waals surface area contributed by atoms with E-state index >= 15 is 0 Å². The Hall–Kier alpha value is 0.310. The van der Waals surface area contributed by atoms with Gasteiger partial charge in [0.25, 0.3) is 0 Å². The van der Waals surface area contributed by atoms with Gasteiger partial charge in [-0.05, 0) is 25.0 Å². The van der Waals surface area contributed by atoms with Crippen LogP contribution < -0.4 is 5.32 Å². The number of hydrogen-bond donors (Lipinski definition) is 1. The third-order valence-corrected chi connectivity index (χ3v) is 4.67. The molecule has 0 amide bonds. The van der Waals surface area contributed by atoms with Gasteiger partial charge >= 0.3 is 0 Å². The fourth-order valence-corrected chi connectivity index (χ4v) is 3.79. The predicted molar refractivity (Wildman–Crippen MR) is 65.0 cm³/mol. The maximum atomic E-state index is 3.86. The van der Waals surface area contributed by atoms with Gasteiger partial charge in [0.2, 0.25) is 0 Å². The Morgan fingerprint density at radius 2 is 1.50 bits per heavy atom. The Kier molecular flexibility index (Phi) is 4.65. The molecule has 1 aliphatic carbocycles. The second-order valence-corrected chi connectivity index (χ2v) is 5.92. The van der Waals surface area contributed by atoms with E-state index in [4.69, 9.17) is 0 Å². The smallest absolute Gasteiger partial charge is 0.0168 e. The Morgan fingerprint density at radius 3 is 2.14 bits per heavy atom. The molecule has 2 aliphatic rings. The van der Waals surface area contributed by atoms with Crippen LogP contribution in [0.25, 0.3) is 0 Å². The summed E-state index contributed by atoms with van der Waals surface area (Å²) in [6, 6.07) is 1.68. The van der Waals surface area contributed by atoms with E-state index in [1.54, 1.807) is 0 Å². The number of rotatable bonds is 2. The highest BCUT2D eigenvalue weighted by Gasteiger charge is 2.19. The SMILES string of the molecule is C1CCCC(NC2CCSC2)CCC1. The van der Waals surface area contributed by atoms with E-state index in [0.717, 1.165) is 12.1 Å². The van der Waals surface area contributed by atoms with Gasteiger partial charge in [-0.15, -0.1) is 0 Å². The van der Waals surface area contributed by atoms with Gasteiger partial charge in [-0.25, -0.2) is 0 Å². The summed E-state index contributed by atoms with van der Waals surface area (Å²) in [6.45, 7) is 0. The lowest BCUT2D eigenvalue weighted by atomic mass is 9.96. The van der Waals surface area contributed by atoms with Crippen LogP contribution in [0.5, 0.6) is 0 Å². The monoisotopic (exact) mass is 213 g/mol. The Morgan fingerprint density at radius 1 is 0.786 bits per heavy atom. The van der Waals surface area contributed by atoms with Crippen molar-refractivity contribution in [1.82, 2.24) is 5.32 Å². The van der Waals surface area contributed by atoms with Crippen LogP contribution in [-0.4, -0.2) is 23.6 Å². The molecule has 2 heteroatoms. The second kappa shape index (κ2) is 6.02. The topological polar surface area (TPSA) is 12.0 Å². The van der Waals surface area contributed by atoms with E-state index < -0.39 is 0 Å². The molecule has 1 heterocycles. The van der Waals surface area contributed by atoms with Crippen molar-refractivity contribution in [3.63, 3.8) is 0 Å². The van der Waals surface area contributed by atoms with Crippen LogP contribution in [0.1, 0.15) is 51.4 Å². The summed E-state index contributed by atoms with van der Waals surface area (Å²) in [5.74, 6) is 2.74. The summed E-state index contributed by atoms with van der Waals surface area (Å²) in [5.41, 5.74) is 0. The van der Waals surface area contributed by atoms with Crippen molar-refractivity contribution >= 4 is 11.8 Å². The first-order chi connectivity index (χ1) is 6.95. The van der Waals surface area contributed by atoms with Gasteiger partial charge in [0, 0.05) is 17.8 Å². The highest BCUT2D eigenvalue weighted by molar-refractivity contribution is 7.99. The fraction of sp³-hybridized carbons (Fsp3) is 1.00. The zero-order valence-corrected chi connectivity index (χ0v) is 9.95. The molecule has 1 atom stereocenters. The summed E-state index contributed by atoms with van der Waals surface area (Å²) < 4.78 is 0. The third-order valence-electron chi connectivity index (χ3n) is 3.51. The van der Waals surface area contributed by atoms with Gasteiger partial charge in [-0.2, -0.15) is 11.8 Å². The number of thioether (sulfide) groups is 1. The molecule has 0 aromatic heterocycles. The lowest BCUT2D eigenvalue weighted by molar-refractivity contribution is 0.361. The van der Waals surface area contributed by atoms with E-state index in [1.165, 1.54) is 62.9 Å². The first-order valence-electron chi connectivity index (χ1n) is 6.29. The zero-order valence-electron chi connectivity index (χ0n) is 9.13. The number of hydrogen-bond acceptors (Lipinski definition) is 2. The Balaban J connectivity index is 1.70. The summed E-state index contributed by atoms with van der Waals surface area (Å²) in [5, 5.41) is 3.86. The average molecular weight is 213 g/mol. The predicted octanol–water partition coefficient (Wildman–Crippen LogP) is 3.19. The first kappa shape index (κ1) is 10.8. The van der Waals surface area contributed by atoms with Crippen molar-refractivity contribution in [3.8, 4) is 0 Å². The van der Waals surface area contributed by atoms with Crippen LogP contribution in [0.15, 0.2) is 0 Å². The summed E-state index contributed by atoms with van der Waals surface area (Å²) in [7, 11) is 0. The third kappa shape index (κ3) is 3.47. The molecule has 0 aromatic carbocycles. The minimum atomic E-state index is 0.837. The normalized spacial score (nSPS) is 31.3. The quantitative estimate of drug-likeness (QED) is 0.756. The lowest BCUT2D eigenvalue weighted by Crippen LogP contribution is -2.38. The summed E-state index contributed by atoms with van der Waals surface area (Å²) in [6.07, 6.45) is 11.6. The summed E-state index contributed by atoms with van der Waals surface area (Å²) >= 11 is 2.12. The van der Waals surface area contributed by atoms with Gasteiger partial charge in [0.15, 0.2) is 0 Å². The van der Waals surface area contributed by atoms with Crippen LogP contribution in [0.4, 0.5) is 0 Å². The largest absolute Gasteiger partial charge is 0.310 e. The highest BCUT2D eigenvalue weighted by Crippen LogP contribution is 2.21. The van der Waals surface area contributed by atoms with Crippen LogP contribution in [-0.2, 0) is 0 Å².